The minimum atomic E-state index is -0.865. The fourth-order valence-electron chi connectivity index (χ4n) is 1.75. The summed E-state index contributed by atoms with van der Waals surface area (Å²) in [7, 11) is 0. The predicted molar refractivity (Wildman–Crippen MR) is 72.6 cm³/mol. The largest absolute Gasteiger partial charge is 0.346 e. The Labute approximate surface area is 113 Å². The molecule has 5 heteroatoms. The summed E-state index contributed by atoms with van der Waals surface area (Å²) in [6.45, 7) is 4.79. The van der Waals surface area contributed by atoms with E-state index in [1.807, 2.05) is 31.2 Å². The Balaban J connectivity index is 2.09. The minimum absolute atomic E-state index is 0.194. The molecule has 1 saturated heterocycles. The maximum absolute atomic E-state index is 12.0. The van der Waals surface area contributed by atoms with Crippen LogP contribution >= 0.6 is 0 Å². The molecule has 1 aliphatic heterocycles. The van der Waals surface area contributed by atoms with Crippen molar-refractivity contribution in [3.63, 3.8) is 0 Å². The van der Waals surface area contributed by atoms with E-state index in [0.717, 1.165) is 5.56 Å². The third-order valence-corrected chi connectivity index (χ3v) is 3.29. The van der Waals surface area contributed by atoms with Crippen LogP contribution in [-0.2, 0) is 14.3 Å². The highest BCUT2D eigenvalue weighted by Crippen LogP contribution is 2.25. The van der Waals surface area contributed by atoms with Gasteiger partial charge in [0.25, 0.3) is 0 Å². The van der Waals surface area contributed by atoms with Crippen molar-refractivity contribution in [2.24, 2.45) is 5.73 Å². The van der Waals surface area contributed by atoms with Crippen molar-refractivity contribution in [3.8, 4) is 0 Å². The molecular weight excluding hydrogens is 244 g/mol. The molecule has 1 aliphatic rings. The molecule has 1 amide bonds. The van der Waals surface area contributed by atoms with Crippen molar-refractivity contribution in [3.05, 3.63) is 29.8 Å². The molecule has 1 fully saturated rings. The summed E-state index contributed by atoms with van der Waals surface area (Å²) < 4.78 is 10.9. The van der Waals surface area contributed by atoms with Crippen molar-refractivity contribution < 1.29 is 14.3 Å². The summed E-state index contributed by atoms with van der Waals surface area (Å²) in [5.41, 5.74) is 6.64. The fourth-order valence-corrected chi connectivity index (χ4v) is 1.75. The third kappa shape index (κ3) is 3.32. The molecule has 0 spiro atoms. The zero-order valence-electron chi connectivity index (χ0n) is 11.3. The molecule has 1 atom stereocenters. The normalized spacial score (nSPS) is 19.1. The van der Waals surface area contributed by atoms with E-state index < -0.39 is 5.54 Å². The lowest BCUT2D eigenvalue weighted by Crippen LogP contribution is -2.47. The zero-order chi connectivity index (χ0) is 13.9. The van der Waals surface area contributed by atoms with Crippen LogP contribution in [0.1, 0.15) is 32.1 Å². The Morgan fingerprint density at radius 3 is 2.79 bits per heavy atom. The number of benzene rings is 1. The van der Waals surface area contributed by atoms with Gasteiger partial charge >= 0.3 is 0 Å². The first kappa shape index (κ1) is 14.0. The average molecular weight is 264 g/mol. The second-order valence-corrected chi connectivity index (χ2v) is 4.92. The Morgan fingerprint density at radius 2 is 2.16 bits per heavy atom. The molecule has 2 rings (SSSR count). The maximum Gasteiger partial charge on any atom is 0.244 e. The highest BCUT2D eigenvalue weighted by Gasteiger charge is 2.26. The van der Waals surface area contributed by atoms with Crippen LogP contribution in [0.25, 0.3) is 0 Å². The van der Waals surface area contributed by atoms with Crippen LogP contribution in [0.3, 0.4) is 0 Å². The van der Waals surface area contributed by atoms with Crippen molar-refractivity contribution in [1.29, 1.82) is 0 Å². The number of nitrogens with one attached hydrogen (secondary N) is 1. The van der Waals surface area contributed by atoms with Gasteiger partial charge in [-0.05, 0) is 25.5 Å². The predicted octanol–water partition coefficient (Wildman–Crippen LogP) is 1.80. The molecule has 1 unspecified atom stereocenters. The van der Waals surface area contributed by atoms with Crippen molar-refractivity contribution in [2.45, 2.75) is 32.1 Å². The van der Waals surface area contributed by atoms with E-state index in [0.29, 0.717) is 25.3 Å². The van der Waals surface area contributed by atoms with Crippen LogP contribution < -0.4 is 11.1 Å². The van der Waals surface area contributed by atoms with Crippen LogP contribution in [-0.4, -0.2) is 24.7 Å². The summed E-state index contributed by atoms with van der Waals surface area (Å²) in [5, 5.41) is 2.82. The number of hydrogen-bond donors (Lipinski definition) is 2. The second-order valence-electron chi connectivity index (χ2n) is 4.92. The van der Waals surface area contributed by atoms with Crippen LogP contribution in [0.15, 0.2) is 24.3 Å². The Hall–Kier alpha value is -1.43. The summed E-state index contributed by atoms with van der Waals surface area (Å²) in [6.07, 6.45) is 0.236. The lowest BCUT2D eigenvalue weighted by atomic mass is 9.99. The van der Waals surface area contributed by atoms with Gasteiger partial charge in [-0.3, -0.25) is 4.79 Å². The van der Waals surface area contributed by atoms with E-state index in [9.17, 15) is 4.79 Å². The summed E-state index contributed by atoms with van der Waals surface area (Å²) in [4.78, 5) is 12.0. The number of rotatable bonds is 4. The zero-order valence-corrected chi connectivity index (χ0v) is 11.3. The maximum atomic E-state index is 12.0. The first-order chi connectivity index (χ1) is 9.03. The van der Waals surface area contributed by atoms with Gasteiger partial charge in [0.15, 0.2) is 6.29 Å². The molecule has 0 aliphatic carbocycles. The molecule has 0 radical (unpaired) electrons. The van der Waals surface area contributed by atoms with Gasteiger partial charge in [-0.25, -0.2) is 0 Å². The quantitative estimate of drug-likeness (QED) is 0.869. The molecule has 0 aromatic heterocycles. The number of hydrogen-bond acceptors (Lipinski definition) is 4. The summed E-state index contributed by atoms with van der Waals surface area (Å²) >= 11 is 0. The van der Waals surface area contributed by atoms with Gasteiger partial charge in [0, 0.05) is 11.3 Å². The Bertz CT molecular complexity index is 454. The molecule has 0 saturated carbocycles. The van der Waals surface area contributed by atoms with Gasteiger partial charge in [0.2, 0.25) is 5.91 Å². The molecule has 5 nitrogen and oxygen atoms in total. The topological polar surface area (TPSA) is 73.6 Å². The molecule has 0 bridgehead atoms. The molecule has 1 aromatic rings. The van der Waals surface area contributed by atoms with Gasteiger partial charge in [0.05, 0.1) is 18.8 Å². The lowest BCUT2D eigenvalue weighted by molar-refractivity contribution is -0.120. The molecule has 1 aromatic carbocycles. The molecule has 3 N–H and O–H groups in total. The van der Waals surface area contributed by atoms with Crippen molar-refractivity contribution >= 4 is 11.6 Å². The van der Waals surface area contributed by atoms with E-state index in [2.05, 4.69) is 5.32 Å². The smallest absolute Gasteiger partial charge is 0.244 e. The average Bonchev–Trinajstić information content (AvgIpc) is 2.93. The van der Waals surface area contributed by atoms with Crippen molar-refractivity contribution in [2.75, 3.05) is 18.5 Å². The van der Waals surface area contributed by atoms with Crippen LogP contribution in [0.2, 0.25) is 0 Å². The first-order valence-corrected chi connectivity index (χ1v) is 6.46. The minimum Gasteiger partial charge on any atom is -0.346 e. The monoisotopic (exact) mass is 264 g/mol. The Morgan fingerprint density at radius 1 is 1.47 bits per heavy atom. The SMILES string of the molecule is CCC(C)(N)C(=O)Nc1cccc(C2OCCO2)c1. The standard InChI is InChI=1S/C14H20N2O3/c1-3-14(2,15)13(17)16-11-6-4-5-10(9-11)12-18-7-8-19-12/h4-6,9,12H,3,7-8,15H2,1-2H3,(H,16,17). The number of carbonyl (C=O) groups excluding carboxylic acids is 1. The van der Waals surface area contributed by atoms with E-state index >= 15 is 0 Å². The number of anilines is 1. The fraction of sp³-hybridized carbons (Fsp3) is 0.500. The highest BCUT2D eigenvalue weighted by molar-refractivity contribution is 5.97. The van der Waals surface area contributed by atoms with E-state index in [1.54, 1.807) is 6.92 Å². The van der Waals surface area contributed by atoms with Gasteiger partial charge in [-0.2, -0.15) is 0 Å². The molecular formula is C14H20N2O3. The lowest BCUT2D eigenvalue weighted by Gasteiger charge is -2.21. The highest BCUT2D eigenvalue weighted by atomic mass is 16.7. The van der Waals surface area contributed by atoms with E-state index in [4.69, 9.17) is 15.2 Å². The van der Waals surface area contributed by atoms with Crippen LogP contribution in [0.4, 0.5) is 5.69 Å². The first-order valence-electron chi connectivity index (χ1n) is 6.46. The summed E-state index contributed by atoms with van der Waals surface area (Å²) in [5.74, 6) is -0.194. The number of amides is 1. The number of carbonyl (C=O) groups is 1. The van der Waals surface area contributed by atoms with Crippen LogP contribution in [0.5, 0.6) is 0 Å². The Kier molecular flexibility index (Phi) is 4.19. The number of nitrogens with two attached hydrogens (primary N) is 1. The third-order valence-electron chi connectivity index (χ3n) is 3.29. The summed E-state index contributed by atoms with van der Waals surface area (Å²) in [6, 6.07) is 7.44. The molecule has 1 heterocycles. The van der Waals surface area contributed by atoms with Gasteiger partial charge in [0.1, 0.15) is 0 Å². The van der Waals surface area contributed by atoms with Crippen LogP contribution in [0, 0.1) is 0 Å². The van der Waals surface area contributed by atoms with Gasteiger partial charge in [-0.1, -0.05) is 19.1 Å². The molecule has 104 valence electrons. The van der Waals surface area contributed by atoms with Crippen molar-refractivity contribution in [1.82, 2.24) is 0 Å². The second kappa shape index (κ2) is 5.69. The number of ether oxygens (including phenoxy) is 2. The molecule has 19 heavy (non-hydrogen) atoms. The van der Waals surface area contributed by atoms with E-state index in [-0.39, 0.29) is 12.2 Å². The van der Waals surface area contributed by atoms with Gasteiger partial charge < -0.3 is 20.5 Å². The van der Waals surface area contributed by atoms with Gasteiger partial charge in [-0.15, -0.1) is 0 Å². The van der Waals surface area contributed by atoms with E-state index in [1.165, 1.54) is 0 Å².